The maximum Gasteiger partial charge on any atom is 0.00992 e. The lowest BCUT2D eigenvalue weighted by molar-refractivity contribution is 0.0965. The van der Waals surface area contributed by atoms with Crippen molar-refractivity contribution in [3.63, 3.8) is 0 Å². The SMILES string of the molecule is CCCCC(CC)N(CC)C1CCC(N)CC1. The fourth-order valence-corrected chi connectivity index (χ4v) is 3.29. The van der Waals surface area contributed by atoms with E-state index in [0.29, 0.717) is 6.04 Å². The summed E-state index contributed by atoms with van der Waals surface area (Å²) in [6.45, 7) is 8.17. The number of rotatable bonds is 7. The van der Waals surface area contributed by atoms with E-state index in [1.807, 2.05) is 0 Å². The summed E-state index contributed by atoms with van der Waals surface area (Å²) < 4.78 is 0. The summed E-state index contributed by atoms with van der Waals surface area (Å²) in [5.41, 5.74) is 6.01. The summed E-state index contributed by atoms with van der Waals surface area (Å²) in [5, 5.41) is 0. The molecule has 102 valence electrons. The second-order valence-corrected chi connectivity index (χ2v) is 5.60. The van der Waals surface area contributed by atoms with Crippen molar-refractivity contribution in [1.29, 1.82) is 0 Å². The van der Waals surface area contributed by atoms with Crippen LogP contribution in [0.5, 0.6) is 0 Å². The average molecular weight is 240 g/mol. The fraction of sp³-hybridized carbons (Fsp3) is 1.00. The molecular weight excluding hydrogens is 208 g/mol. The summed E-state index contributed by atoms with van der Waals surface area (Å²) in [4.78, 5) is 2.77. The van der Waals surface area contributed by atoms with Gasteiger partial charge in [0.2, 0.25) is 0 Å². The van der Waals surface area contributed by atoms with Crippen LogP contribution in [-0.4, -0.2) is 29.6 Å². The third kappa shape index (κ3) is 4.59. The highest BCUT2D eigenvalue weighted by atomic mass is 15.2. The fourth-order valence-electron chi connectivity index (χ4n) is 3.29. The molecule has 0 aromatic carbocycles. The molecule has 2 N–H and O–H groups in total. The van der Waals surface area contributed by atoms with Gasteiger partial charge in [-0.2, -0.15) is 0 Å². The smallest absolute Gasteiger partial charge is 0.00992 e. The van der Waals surface area contributed by atoms with Gasteiger partial charge < -0.3 is 5.73 Å². The molecule has 1 aliphatic rings. The Morgan fingerprint density at radius 1 is 1.12 bits per heavy atom. The minimum atomic E-state index is 0.473. The van der Waals surface area contributed by atoms with Crippen molar-refractivity contribution in [2.24, 2.45) is 5.73 Å². The van der Waals surface area contributed by atoms with Crippen LogP contribution < -0.4 is 5.73 Å². The third-order valence-corrected chi connectivity index (χ3v) is 4.41. The first-order chi connectivity index (χ1) is 8.22. The van der Waals surface area contributed by atoms with Gasteiger partial charge in [0.05, 0.1) is 0 Å². The Balaban J connectivity index is 2.49. The molecule has 1 aliphatic carbocycles. The molecule has 0 aromatic heterocycles. The number of nitrogens with two attached hydrogens (primary N) is 1. The molecule has 0 aromatic rings. The van der Waals surface area contributed by atoms with E-state index in [1.54, 1.807) is 0 Å². The van der Waals surface area contributed by atoms with E-state index < -0.39 is 0 Å². The molecule has 1 fully saturated rings. The van der Waals surface area contributed by atoms with Crippen LogP contribution in [0.1, 0.15) is 72.1 Å². The van der Waals surface area contributed by atoms with Gasteiger partial charge in [0.15, 0.2) is 0 Å². The predicted octanol–water partition coefficient (Wildman–Crippen LogP) is 3.55. The molecule has 2 heteroatoms. The van der Waals surface area contributed by atoms with E-state index in [2.05, 4.69) is 25.7 Å². The van der Waals surface area contributed by atoms with Gasteiger partial charge in [0, 0.05) is 18.1 Å². The van der Waals surface area contributed by atoms with Crippen LogP contribution in [0.15, 0.2) is 0 Å². The molecule has 1 saturated carbocycles. The normalized spacial score (nSPS) is 27.4. The Kier molecular flexibility index (Phi) is 7.14. The lowest BCUT2D eigenvalue weighted by Crippen LogP contribution is -2.46. The van der Waals surface area contributed by atoms with Crippen LogP contribution in [0, 0.1) is 0 Å². The van der Waals surface area contributed by atoms with Crippen molar-refractivity contribution < 1.29 is 0 Å². The molecule has 1 atom stereocenters. The largest absolute Gasteiger partial charge is 0.328 e. The zero-order valence-corrected chi connectivity index (χ0v) is 12.1. The molecule has 0 saturated heterocycles. The molecule has 1 rings (SSSR count). The third-order valence-electron chi connectivity index (χ3n) is 4.41. The predicted molar refractivity (Wildman–Crippen MR) is 76.2 cm³/mol. The number of hydrogen-bond acceptors (Lipinski definition) is 2. The van der Waals surface area contributed by atoms with Crippen molar-refractivity contribution in [3.8, 4) is 0 Å². The minimum Gasteiger partial charge on any atom is -0.328 e. The van der Waals surface area contributed by atoms with Gasteiger partial charge >= 0.3 is 0 Å². The second-order valence-electron chi connectivity index (χ2n) is 5.60. The Morgan fingerprint density at radius 3 is 2.24 bits per heavy atom. The first-order valence-electron chi connectivity index (χ1n) is 7.74. The molecule has 0 amide bonds. The number of hydrogen-bond donors (Lipinski definition) is 1. The summed E-state index contributed by atoms with van der Waals surface area (Å²) >= 11 is 0. The Morgan fingerprint density at radius 2 is 1.76 bits per heavy atom. The average Bonchev–Trinajstić information content (AvgIpc) is 2.36. The van der Waals surface area contributed by atoms with Gasteiger partial charge in [-0.25, -0.2) is 0 Å². The van der Waals surface area contributed by atoms with Gasteiger partial charge in [-0.1, -0.05) is 33.6 Å². The van der Waals surface area contributed by atoms with Crippen LogP contribution in [0.3, 0.4) is 0 Å². The summed E-state index contributed by atoms with van der Waals surface area (Å²) in [6.07, 6.45) is 10.5. The molecule has 0 heterocycles. The quantitative estimate of drug-likeness (QED) is 0.737. The van der Waals surface area contributed by atoms with Gasteiger partial charge in [0.1, 0.15) is 0 Å². The van der Waals surface area contributed by atoms with Crippen LogP contribution in [0.25, 0.3) is 0 Å². The summed E-state index contributed by atoms with van der Waals surface area (Å²) in [5.74, 6) is 0. The topological polar surface area (TPSA) is 29.3 Å². The van der Waals surface area contributed by atoms with E-state index in [9.17, 15) is 0 Å². The van der Waals surface area contributed by atoms with Crippen molar-refractivity contribution in [3.05, 3.63) is 0 Å². The molecular formula is C15H32N2. The second kappa shape index (κ2) is 8.10. The Hall–Kier alpha value is -0.0800. The minimum absolute atomic E-state index is 0.473. The van der Waals surface area contributed by atoms with Crippen molar-refractivity contribution in [1.82, 2.24) is 4.90 Å². The molecule has 1 unspecified atom stereocenters. The first kappa shape index (κ1) is 15.0. The van der Waals surface area contributed by atoms with Gasteiger partial charge in [-0.3, -0.25) is 4.90 Å². The van der Waals surface area contributed by atoms with E-state index in [1.165, 1.54) is 57.9 Å². The van der Waals surface area contributed by atoms with E-state index >= 15 is 0 Å². The number of nitrogens with zero attached hydrogens (tertiary/aromatic N) is 1. The highest BCUT2D eigenvalue weighted by Crippen LogP contribution is 2.26. The lowest BCUT2D eigenvalue weighted by atomic mass is 9.89. The number of unbranched alkanes of at least 4 members (excludes halogenated alkanes) is 1. The van der Waals surface area contributed by atoms with Crippen molar-refractivity contribution in [2.75, 3.05) is 6.54 Å². The van der Waals surface area contributed by atoms with Crippen LogP contribution >= 0.6 is 0 Å². The van der Waals surface area contributed by atoms with Crippen LogP contribution in [0.4, 0.5) is 0 Å². The monoisotopic (exact) mass is 240 g/mol. The van der Waals surface area contributed by atoms with Crippen molar-refractivity contribution >= 4 is 0 Å². The molecule has 17 heavy (non-hydrogen) atoms. The molecule has 0 aliphatic heterocycles. The summed E-state index contributed by atoms with van der Waals surface area (Å²) in [6, 6.07) is 2.08. The highest BCUT2D eigenvalue weighted by Gasteiger charge is 2.27. The Bertz CT molecular complexity index is 181. The van der Waals surface area contributed by atoms with Crippen molar-refractivity contribution in [2.45, 2.75) is 90.3 Å². The maximum atomic E-state index is 6.01. The van der Waals surface area contributed by atoms with E-state index in [4.69, 9.17) is 5.73 Å². The molecule has 2 nitrogen and oxygen atoms in total. The summed E-state index contributed by atoms with van der Waals surface area (Å²) in [7, 11) is 0. The maximum absolute atomic E-state index is 6.01. The zero-order valence-electron chi connectivity index (χ0n) is 12.1. The van der Waals surface area contributed by atoms with E-state index in [-0.39, 0.29) is 0 Å². The molecule has 0 radical (unpaired) electrons. The van der Waals surface area contributed by atoms with E-state index in [0.717, 1.165) is 12.1 Å². The van der Waals surface area contributed by atoms with Gasteiger partial charge in [-0.15, -0.1) is 0 Å². The molecule has 0 spiro atoms. The Labute approximate surface area is 108 Å². The van der Waals surface area contributed by atoms with Gasteiger partial charge in [0.25, 0.3) is 0 Å². The van der Waals surface area contributed by atoms with Crippen LogP contribution in [-0.2, 0) is 0 Å². The highest BCUT2D eigenvalue weighted by molar-refractivity contribution is 4.84. The van der Waals surface area contributed by atoms with Gasteiger partial charge in [-0.05, 0) is 45.1 Å². The standard InChI is InChI=1S/C15H32N2/c1-4-7-8-14(5-2)17(6-3)15-11-9-13(16)10-12-15/h13-15H,4-12,16H2,1-3H3. The first-order valence-corrected chi connectivity index (χ1v) is 7.74. The lowest BCUT2D eigenvalue weighted by Gasteiger charge is -2.40. The van der Waals surface area contributed by atoms with Crippen LogP contribution in [0.2, 0.25) is 0 Å². The molecule has 0 bridgehead atoms. The zero-order chi connectivity index (χ0) is 12.7.